The van der Waals surface area contributed by atoms with Gasteiger partial charge in [-0.25, -0.2) is 0 Å². The summed E-state index contributed by atoms with van der Waals surface area (Å²) in [5.41, 5.74) is 1.94. The lowest BCUT2D eigenvalue weighted by molar-refractivity contribution is 0.169. The van der Waals surface area contributed by atoms with Crippen molar-refractivity contribution in [1.29, 1.82) is 0 Å². The second kappa shape index (κ2) is 7.98. The number of aliphatic hydroxyl groups is 1. The molecule has 0 spiro atoms. The van der Waals surface area contributed by atoms with Crippen LogP contribution in [0.1, 0.15) is 19.4 Å². The van der Waals surface area contributed by atoms with Crippen LogP contribution in [-0.2, 0) is 15.7 Å². The van der Waals surface area contributed by atoms with Crippen LogP contribution < -0.4 is 10.2 Å². The van der Waals surface area contributed by atoms with Crippen molar-refractivity contribution in [3.8, 4) is 0 Å². The summed E-state index contributed by atoms with van der Waals surface area (Å²) in [4.78, 5) is 1.97. The number of anilines is 1. The van der Waals surface area contributed by atoms with Gasteiger partial charge in [0.1, 0.15) is 5.85 Å². The van der Waals surface area contributed by atoms with E-state index in [2.05, 4.69) is 0 Å². The molecule has 0 aliphatic carbocycles. The van der Waals surface area contributed by atoms with Crippen molar-refractivity contribution in [3.05, 3.63) is 60.2 Å². The Hall–Kier alpha value is -1.61. The van der Waals surface area contributed by atoms with Gasteiger partial charge in [0.2, 0.25) is 0 Å². The largest absolute Gasteiger partial charge is 0.382 e. The minimum absolute atomic E-state index is 0.167. The SMILES string of the molecule is CC(C)[C@H](O)[P@@](=O)(OCc1ccccc1)c1ccc(N(C)C)cc1. The lowest BCUT2D eigenvalue weighted by atomic mass is 10.2. The molecule has 2 atom stereocenters. The minimum Gasteiger partial charge on any atom is -0.382 e. The summed E-state index contributed by atoms with van der Waals surface area (Å²) in [5, 5.41) is 11.1. The molecule has 0 saturated carbocycles. The predicted molar refractivity (Wildman–Crippen MR) is 100 cm³/mol. The predicted octanol–water partition coefficient (Wildman–Crippen LogP) is 3.85. The second-order valence-corrected chi connectivity index (χ2v) is 8.92. The van der Waals surface area contributed by atoms with Crippen molar-refractivity contribution in [2.75, 3.05) is 19.0 Å². The second-order valence-electron chi connectivity index (χ2n) is 6.42. The van der Waals surface area contributed by atoms with E-state index < -0.39 is 13.2 Å². The summed E-state index contributed by atoms with van der Waals surface area (Å²) in [6.45, 7) is 3.89. The van der Waals surface area contributed by atoms with E-state index in [-0.39, 0.29) is 12.5 Å². The zero-order valence-corrected chi connectivity index (χ0v) is 15.6. The first-order valence-corrected chi connectivity index (χ1v) is 9.78. The normalized spacial score (nSPS) is 15.1. The van der Waals surface area contributed by atoms with E-state index in [1.165, 1.54) is 0 Å². The van der Waals surface area contributed by atoms with E-state index in [1.807, 2.05) is 75.3 Å². The first-order chi connectivity index (χ1) is 11.3. The van der Waals surface area contributed by atoms with E-state index in [1.54, 1.807) is 12.1 Å². The Labute approximate surface area is 144 Å². The van der Waals surface area contributed by atoms with Gasteiger partial charge in [0.05, 0.1) is 6.61 Å². The molecule has 2 rings (SSSR count). The van der Waals surface area contributed by atoms with E-state index in [0.29, 0.717) is 5.30 Å². The third-order valence-electron chi connectivity index (χ3n) is 3.94. The van der Waals surface area contributed by atoms with Crippen LogP contribution in [0.15, 0.2) is 54.6 Å². The number of rotatable bonds is 7. The number of nitrogens with zero attached hydrogens (tertiary/aromatic N) is 1. The van der Waals surface area contributed by atoms with Gasteiger partial charge in [0, 0.05) is 25.1 Å². The van der Waals surface area contributed by atoms with Gasteiger partial charge in [-0.15, -0.1) is 0 Å². The van der Waals surface area contributed by atoms with E-state index in [4.69, 9.17) is 4.52 Å². The highest BCUT2D eigenvalue weighted by atomic mass is 31.2. The molecule has 0 radical (unpaired) electrons. The average Bonchev–Trinajstić information content (AvgIpc) is 2.60. The van der Waals surface area contributed by atoms with Gasteiger partial charge < -0.3 is 14.5 Å². The standard InChI is InChI=1S/C19H26NO3P/c1-15(2)19(21)24(22,23-14-16-8-6-5-7-9-16)18-12-10-17(11-13-18)20(3)4/h5-13,15,19,21H,14H2,1-4H3/t19-,24+/m1/s1. The summed E-state index contributed by atoms with van der Waals surface area (Å²) < 4.78 is 19.3. The van der Waals surface area contributed by atoms with Gasteiger partial charge in [0.25, 0.3) is 7.37 Å². The van der Waals surface area contributed by atoms with E-state index in [0.717, 1.165) is 11.3 Å². The monoisotopic (exact) mass is 347 g/mol. The molecule has 0 bridgehead atoms. The molecule has 130 valence electrons. The Morgan fingerprint density at radius 1 is 1.04 bits per heavy atom. The zero-order valence-electron chi connectivity index (χ0n) is 14.7. The van der Waals surface area contributed by atoms with Crippen molar-refractivity contribution < 1.29 is 14.2 Å². The molecular weight excluding hydrogens is 321 g/mol. The molecule has 2 aromatic carbocycles. The fourth-order valence-corrected chi connectivity index (χ4v) is 4.70. The zero-order chi connectivity index (χ0) is 17.7. The average molecular weight is 347 g/mol. The van der Waals surface area contributed by atoms with Crippen molar-refractivity contribution in [3.63, 3.8) is 0 Å². The van der Waals surface area contributed by atoms with Gasteiger partial charge in [-0.05, 0) is 35.7 Å². The van der Waals surface area contributed by atoms with Gasteiger partial charge >= 0.3 is 0 Å². The van der Waals surface area contributed by atoms with E-state index in [9.17, 15) is 9.67 Å². The van der Waals surface area contributed by atoms with Gasteiger partial charge in [-0.1, -0.05) is 44.2 Å². The van der Waals surface area contributed by atoms with Crippen molar-refractivity contribution in [1.82, 2.24) is 0 Å². The van der Waals surface area contributed by atoms with Crippen LogP contribution >= 0.6 is 7.37 Å². The number of hydrogen-bond donors (Lipinski definition) is 1. The Morgan fingerprint density at radius 3 is 2.12 bits per heavy atom. The van der Waals surface area contributed by atoms with Crippen LogP contribution in [0.4, 0.5) is 5.69 Å². The number of aliphatic hydroxyl groups excluding tert-OH is 1. The van der Waals surface area contributed by atoms with Crippen LogP contribution in [0.25, 0.3) is 0 Å². The van der Waals surface area contributed by atoms with E-state index >= 15 is 0 Å². The quantitative estimate of drug-likeness (QED) is 0.773. The molecule has 0 amide bonds. The Bertz CT molecular complexity index is 684. The highest BCUT2D eigenvalue weighted by Gasteiger charge is 2.37. The summed E-state index contributed by atoms with van der Waals surface area (Å²) in [6.07, 6.45) is 0. The number of hydrogen-bond acceptors (Lipinski definition) is 4. The smallest absolute Gasteiger partial charge is 0.260 e. The molecular formula is C19H26NO3P. The molecule has 1 N–H and O–H groups in total. The van der Waals surface area contributed by atoms with Gasteiger partial charge in [-0.2, -0.15) is 0 Å². The lowest BCUT2D eigenvalue weighted by Crippen LogP contribution is -2.24. The minimum atomic E-state index is -3.40. The molecule has 0 aliphatic rings. The van der Waals surface area contributed by atoms with Crippen molar-refractivity contribution in [2.24, 2.45) is 5.92 Å². The van der Waals surface area contributed by atoms with Crippen LogP contribution in [-0.4, -0.2) is 25.0 Å². The fraction of sp³-hybridized carbons (Fsp3) is 0.368. The van der Waals surface area contributed by atoms with Crippen LogP contribution in [0.2, 0.25) is 0 Å². The summed E-state index contributed by atoms with van der Waals surface area (Å²) in [6, 6.07) is 16.9. The molecule has 2 aromatic rings. The van der Waals surface area contributed by atoms with Crippen molar-refractivity contribution >= 4 is 18.4 Å². The maximum Gasteiger partial charge on any atom is 0.260 e. The highest BCUT2D eigenvalue weighted by molar-refractivity contribution is 7.67. The van der Waals surface area contributed by atoms with Crippen LogP contribution in [0.3, 0.4) is 0 Å². The maximum absolute atomic E-state index is 13.5. The molecule has 5 heteroatoms. The molecule has 0 saturated heterocycles. The molecule has 0 heterocycles. The van der Waals surface area contributed by atoms with Crippen LogP contribution in [0.5, 0.6) is 0 Å². The van der Waals surface area contributed by atoms with Gasteiger partial charge in [0.15, 0.2) is 0 Å². The van der Waals surface area contributed by atoms with Crippen LogP contribution in [0, 0.1) is 5.92 Å². The highest BCUT2D eigenvalue weighted by Crippen LogP contribution is 2.53. The Morgan fingerprint density at radius 2 is 1.62 bits per heavy atom. The molecule has 0 unspecified atom stereocenters. The lowest BCUT2D eigenvalue weighted by Gasteiger charge is -2.27. The topological polar surface area (TPSA) is 49.8 Å². The maximum atomic E-state index is 13.5. The van der Waals surface area contributed by atoms with Crippen molar-refractivity contribution in [2.45, 2.75) is 26.3 Å². The summed E-state index contributed by atoms with van der Waals surface area (Å²) in [7, 11) is 0.498. The Kier molecular flexibility index (Phi) is 6.22. The molecule has 0 fully saturated rings. The molecule has 4 nitrogen and oxygen atoms in total. The first-order valence-electron chi connectivity index (χ1n) is 8.09. The Balaban J connectivity index is 2.30. The molecule has 0 aliphatic heterocycles. The molecule has 0 aromatic heterocycles. The molecule has 24 heavy (non-hydrogen) atoms. The summed E-state index contributed by atoms with van der Waals surface area (Å²) in [5.74, 6) is -1.20. The fourth-order valence-electron chi connectivity index (χ4n) is 2.40. The third-order valence-corrected chi connectivity index (χ3v) is 6.76. The first kappa shape index (κ1) is 18.7. The van der Waals surface area contributed by atoms with Gasteiger partial charge in [-0.3, -0.25) is 4.57 Å². The number of benzene rings is 2. The summed E-state index contributed by atoms with van der Waals surface area (Å²) >= 11 is 0. The third kappa shape index (κ3) is 4.27.